The Morgan fingerprint density at radius 2 is 1.72 bits per heavy atom. The average Bonchev–Trinajstić information content (AvgIpc) is 2.79. The van der Waals surface area contributed by atoms with Gasteiger partial charge in [-0.1, -0.05) is 79.9 Å². The molecular formula is C25H32Cl2N2O2S. The van der Waals surface area contributed by atoms with Crippen molar-refractivity contribution < 1.29 is 9.59 Å². The molecule has 1 N–H and O–H groups in total. The summed E-state index contributed by atoms with van der Waals surface area (Å²) in [5, 5.41) is 4.19. The predicted molar refractivity (Wildman–Crippen MR) is 136 cm³/mol. The first-order valence-corrected chi connectivity index (χ1v) is 13.0. The molecule has 2 rings (SSSR count). The lowest BCUT2D eigenvalue weighted by molar-refractivity contribution is -0.138. The van der Waals surface area contributed by atoms with Crippen molar-refractivity contribution in [2.45, 2.75) is 51.3 Å². The van der Waals surface area contributed by atoms with E-state index in [1.54, 1.807) is 23.1 Å². The normalized spacial score (nSPS) is 11.8. The number of rotatable bonds is 13. The highest BCUT2D eigenvalue weighted by Crippen LogP contribution is 2.28. The first-order valence-electron chi connectivity index (χ1n) is 11.1. The van der Waals surface area contributed by atoms with E-state index in [2.05, 4.69) is 12.2 Å². The molecule has 0 radical (unpaired) electrons. The summed E-state index contributed by atoms with van der Waals surface area (Å²) in [6.07, 6.45) is 3.20. The number of carbonyl (C=O) groups is 2. The van der Waals surface area contributed by atoms with Crippen LogP contribution in [-0.2, 0) is 21.8 Å². The predicted octanol–water partition coefficient (Wildman–Crippen LogP) is 5.99. The van der Waals surface area contributed by atoms with Crippen LogP contribution in [0.5, 0.6) is 0 Å². The number of unbranched alkanes of at least 4 members (excludes halogenated alkanes) is 1. The SMILES string of the molecule is CCCCNC(=O)C(CC)N(CCc1ccccc1)C(=O)CSCc1c(Cl)cccc1Cl. The van der Waals surface area contributed by atoms with E-state index in [4.69, 9.17) is 23.2 Å². The van der Waals surface area contributed by atoms with Crippen molar-refractivity contribution in [2.75, 3.05) is 18.8 Å². The molecule has 4 nitrogen and oxygen atoms in total. The van der Waals surface area contributed by atoms with Gasteiger partial charge in [-0.2, -0.15) is 0 Å². The van der Waals surface area contributed by atoms with Crippen molar-refractivity contribution in [3.05, 3.63) is 69.7 Å². The number of nitrogens with zero attached hydrogens (tertiary/aromatic N) is 1. The fraction of sp³-hybridized carbons (Fsp3) is 0.440. The van der Waals surface area contributed by atoms with Gasteiger partial charge in [0, 0.05) is 28.9 Å². The van der Waals surface area contributed by atoms with Gasteiger partial charge in [0.25, 0.3) is 0 Å². The van der Waals surface area contributed by atoms with E-state index in [0.717, 1.165) is 24.0 Å². The van der Waals surface area contributed by atoms with E-state index in [-0.39, 0.29) is 17.6 Å². The molecule has 2 aromatic carbocycles. The van der Waals surface area contributed by atoms with Gasteiger partial charge >= 0.3 is 0 Å². The molecule has 32 heavy (non-hydrogen) atoms. The van der Waals surface area contributed by atoms with Crippen molar-refractivity contribution >= 4 is 46.8 Å². The topological polar surface area (TPSA) is 49.4 Å². The summed E-state index contributed by atoms with van der Waals surface area (Å²) in [5.74, 6) is 0.666. The van der Waals surface area contributed by atoms with Gasteiger partial charge in [-0.25, -0.2) is 0 Å². The molecular weight excluding hydrogens is 463 g/mol. The highest BCUT2D eigenvalue weighted by molar-refractivity contribution is 7.99. The molecule has 0 heterocycles. The fourth-order valence-electron chi connectivity index (χ4n) is 3.40. The molecule has 0 aliphatic rings. The molecule has 0 saturated heterocycles. The Labute approximate surface area is 206 Å². The van der Waals surface area contributed by atoms with Gasteiger partial charge in [-0.3, -0.25) is 9.59 Å². The number of halogens is 2. The molecule has 0 bridgehead atoms. The molecule has 0 spiro atoms. The molecule has 174 valence electrons. The molecule has 1 atom stereocenters. The Balaban J connectivity index is 2.07. The van der Waals surface area contributed by atoms with E-state index in [9.17, 15) is 9.59 Å². The maximum atomic E-state index is 13.2. The minimum atomic E-state index is -0.479. The Morgan fingerprint density at radius 1 is 1.03 bits per heavy atom. The van der Waals surface area contributed by atoms with Crippen LogP contribution in [0.25, 0.3) is 0 Å². The Kier molecular flexibility index (Phi) is 12.0. The third-order valence-corrected chi connectivity index (χ3v) is 6.89. The second-order valence-electron chi connectivity index (χ2n) is 7.58. The zero-order valence-electron chi connectivity index (χ0n) is 18.8. The zero-order valence-corrected chi connectivity index (χ0v) is 21.1. The molecule has 1 unspecified atom stereocenters. The van der Waals surface area contributed by atoms with Crippen LogP contribution in [0, 0.1) is 0 Å². The van der Waals surface area contributed by atoms with Crippen LogP contribution in [-0.4, -0.2) is 41.6 Å². The van der Waals surface area contributed by atoms with Crippen molar-refractivity contribution in [2.24, 2.45) is 0 Å². The lowest BCUT2D eigenvalue weighted by Crippen LogP contribution is -2.50. The Hall–Kier alpha value is -1.69. The second-order valence-corrected chi connectivity index (χ2v) is 9.38. The van der Waals surface area contributed by atoms with Crippen LogP contribution in [0.3, 0.4) is 0 Å². The standard InChI is InChI=1S/C25H32Cl2N2O2S/c1-3-5-15-28-25(31)23(4-2)29(16-14-19-10-7-6-8-11-19)24(30)18-32-17-20-21(26)12-9-13-22(20)27/h6-13,23H,3-5,14-18H2,1-2H3,(H,28,31). The summed E-state index contributed by atoms with van der Waals surface area (Å²) < 4.78 is 0. The highest BCUT2D eigenvalue weighted by atomic mass is 35.5. The molecule has 0 saturated carbocycles. The van der Waals surface area contributed by atoms with E-state index in [1.165, 1.54) is 11.8 Å². The van der Waals surface area contributed by atoms with E-state index >= 15 is 0 Å². The quantitative estimate of drug-likeness (QED) is 0.347. The number of carbonyl (C=O) groups excluding carboxylic acids is 2. The molecule has 0 fully saturated rings. The summed E-state index contributed by atoms with van der Waals surface area (Å²) in [5.41, 5.74) is 1.97. The summed E-state index contributed by atoms with van der Waals surface area (Å²) >= 11 is 14.0. The van der Waals surface area contributed by atoms with Gasteiger partial charge in [0.1, 0.15) is 6.04 Å². The van der Waals surface area contributed by atoms with Crippen LogP contribution < -0.4 is 5.32 Å². The van der Waals surface area contributed by atoms with Crippen molar-refractivity contribution in [3.63, 3.8) is 0 Å². The summed E-state index contributed by atoms with van der Waals surface area (Å²) in [6.45, 7) is 5.16. The number of hydrogen-bond acceptors (Lipinski definition) is 3. The van der Waals surface area contributed by atoms with Crippen molar-refractivity contribution in [1.82, 2.24) is 10.2 Å². The molecule has 2 amide bonds. The molecule has 7 heteroatoms. The summed E-state index contributed by atoms with van der Waals surface area (Å²) in [4.78, 5) is 27.8. The molecule has 0 aromatic heterocycles. The van der Waals surface area contributed by atoms with Crippen LogP contribution in [0.1, 0.15) is 44.2 Å². The maximum absolute atomic E-state index is 13.2. The van der Waals surface area contributed by atoms with Gasteiger partial charge < -0.3 is 10.2 Å². The van der Waals surface area contributed by atoms with Gasteiger partial charge in [0.15, 0.2) is 0 Å². The zero-order chi connectivity index (χ0) is 23.3. The lowest BCUT2D eigenvalue weighted by atomic mass is 10.1. The minimum absolute atomic E-state index is 0.0494. The van der Waals surface area contributed by atoms with E-state index < -0.39 is 6.04 Å². The first-order chi connectivity index (χ1) is 15.5. The summed E-state index contributed by atoms with van der Waals surface area (Å²) in [7, 11) is 0. The first kappa shape index (κ1) is 26.6. The van der Waals surface area contributed by atoms with Crippen LogP contribution in [0.4, 0.5) is 0 Å². The largest absolute Gasteiger partial charge is 0.354 e. The van der Waals surface area contributed by atoms with Gasteiger partial charge in [0.2, 0.25) is 11.8 Å². The van der Waals surface area contributed by atoms with Gasteiger partial charge in [-0.15, -0.1) is 11.8 Å². The number of hydrogen-bond donors (Lipinski definition) is 1. The second kappa shape index (κ2) is 14.5. The monoisotopic (exact) mass is 494 g/mol. The smallest absolute Gasteiger partial charge is 0.242 e. The Bertz CT molecular complexity index is 844. The number of amides is 2. The number of thioether (sulfide) groups is 1. The van der Waals surface area contributed by atoms with Crippen molar-refractivity contribution in [3.8, 4) is 0 Å². The number of nitrogens with one attached hydrogen (secondary N) is 1. The molecule has 0 aliphatic carbocycles. The van der Waals surface area contributed by atoms with Gasteiger partial charge in [-0.05, 0) is 42.5 Å². The lowest BCUT2D eigenvalue weighted by Gasteiger charge is -2.30. The third-order valence-electron chi connectivity index (χ3n) is 5.23. The third kappa shape index (κ3) is 8.34. The Morgan fingerprint density at radius 3 is 2.34 bits per heavy atom. The highest BCUT2D eigenvalue weighted by Gasteiger charge is 2.28. The average molecular weight is 496 g/mol. The van der Waals surface area contributed by atoms with Crippen LogP contribution in [0.2, 0.25) is 10.0 Å². The van der Waals surface area contributed by atoms with E-state index in [0.29, 0.717) is 41.7 Å². The maximum Gasteiger partial charge on any atom is 0.242 e. The van der Waals surface area contributed by atoms with Crippen LogP contribution in [0.15, 0.2) is 48.5 Å². The summed E-state index contributed by atoms with van der Waals surface area (Å²) in [6, 6.07) is 14.9. The van der Waals surface area contributed by atoms with Crippen LogP contribution >= 0.6 is 35.0 Å². The van der Waals surface area contributed by atoms with Gasteiger partial charge in [0.05, 0.1) is 5.75 Å². The fourth-order valence-corrected chi connectivity index (χ4v) is 5.04. The number of benzene rings is 2. The minimum Gasteiger partial charge on any atom is -0.354 e. The van der Waals surface area contributed by atoms with E-state index in [1.807, 2.05) is 37.3 Å². The molecule has 0 aliphatic heterocycles. The van der Waals surface area contributed by atoms with Crippen molar-refractivity contribution in [1.29, 1.82) is 0 Å². The molecule has 2 aromatic rings.